The highest BCUT2D eigenvalue weighted by Crippen LogP contribution is 2.29. The second kappa shape index (κ2) is 15.7. The first-order chi connectivity index (χ1) is 8.22. The van der Waals surface area contributed by atoms with E-state index in [1.165, 1.54) is 58.3 Å². The minimum absolute atomic E-state index is 0.750. The van der Waals surface area contributed by atoms with E-state index in [2.05, 4.69) is 13.8 Å². The largest absolute Gasteiger partial charge is 0.304 e. The Morgan fingerprint density at radius 3 is 1.35 bits per heavy atom. The van der Waals surface area contributed by atoms with Gasteiger partial charge in [0.2, 0.25) is 0 Å². The first-order valence-corrected chi connectivity index (χ1v) is 7.62. The Bertz CT molecular complexity index is 130. The van der Waals surface area contributed by atoms with E-state index < -0.39 is 0 Å². The SMILES string of the molecule is C1CC1.CC.CC(C)C1CCCCC1.CC=O. The zero-order chi connectivity index (χ0) is 13.5. The zero-order valence-corrected chi connectivity index (χ0v) is 12.8. The minimum atomic E-state index is 0.750. The molecule has 2 saturated carbocycles. The van der Waals surface area contributed by atoms with Crippen LogP contribution in [0.25, 0.3) is 0 Å². The lowest BCUT2D eigenvalue weighted by atomic mass is 9.82. The fourth-order valence-corrected chi connectivity index (χ4v) is 1.80. The molecule has 2 rings (SSSR count). The number of aldehydes is 1. The molecular formula is C16H34O. The van der Waals surface area contributed by atoms with Crippen molar-refractivity contribution in [2.75, 3.05) is 0 Å². The van der Waals surface area contributed by atoms with Gasteiger partial charge >= 0.3 is 0 Å². The Labute approximate surface area is 109 Å². The topological polar surface area (TPSA) is 17.1 Å². The van der Waals surface area contributed by atoms with Crippen molar-refractivity contribution >= 4 is 6.29 Å². The van der Waals surface area contributed by atoms with Gasteiger partial charge in [-0.15, -0.1) is 0 Å². The molecule has 0 spiro atoms. The maximum Gasteiger partial charge on any atom is 0.116 e. The lowest BCUT2D eigenvalue weighted by Gasteiger charge is -2.24. The first-order valence-electron chi connectivity index (χ1n) is 7.62. The van der Waals surface area contributed by atoms with Gasteiger partial charge in [-0.1, -0.05) is 79.1 Å². The van der Waals surface area contributed by atoms with Crippen LogP contribution in [0.5, 0.6) is 0 Å². The summed E-state index contributed by atoms with van der Waals surface area (Å²) in [5.74, 6) is 1.99. The monoisotopic (exact) mass is 242 g/mol. The molecule has 104 valence electrons. The third-order valence-corrected chi connectivity index (χ3v) is 2.95. The molecule has 0 radical (unpaired) electrons. The summed E-state index contributed by atoms with van der Waals surface area (Å²) in [6, 6.07) is 0. The number of rotatable bonds is 1. The number of carbonyl (C=O) groups excluding carboxylic acids is 1. The van der Waals surface area contributed by atoms with Crippen LogP contribution < -0.4 is 0 Å². The van der Waals surface area contributed by atoms with Crippen LogP contribution in [0.4, 0.5) is 0 Å². The molecule has 0 amide bonds. The Morgan fingerprint density at radius 1 is 0.882 bits per heavy atom. The van der Waals surface area contributed by atoms with Gasteiger partial charge in [0.1, 0.15) is 6.29 Å². The second-order valence-corrected chi connectivity index (χ2v) is 4.94. The molecule has 0 atom stereocenters. The highest BCUT2D eigenvalue weighted by atomic mass is 16.1. The zero-order valence-electron chi connectivity index (χ0n) is 12.8. The molecular weight excluding hydrogens is 208 g/mol. The molecule has 0 heterocycles. The normalized spacial score (nSPS) is 17.5. The molecule has 0 aromatic carbocycles. The van der Waals surface area contributed by atoms with E-state index in [4.69, 9.17) is 4.79 Å². The summed E-state index contributed by atoms with van der Waals surface area (Å²) in [5.41, 5.74) is 0. The number of carbonyl (C=O) groups is 1. The van der Waals surface area contributed by atoms with Crippen LogP contribution in [0.15, 0.2) is 0 Å². The lowest BCUT2D eigenvalue weighted by molar-refractivity contribution is -0.106. The molecule has 1 heteroatoms. The van der Waals surface area contributed by atoms with Crippen LogP contribution in [-0.4, -0.2) is 6.29 Å². The summed E-state index contributed by atoms with van der Waals surface area (Å²) in [6.07, 6.45) is 12.7. The highest BCUT2D eigenvalue weighted by Gasteiger charge is 2.15. The molecule has 0 unspecified atom stereocenters. The van der Waals surface area contributed by atoms with Gasteiger partial charge in [0.05, 0.1) is 0 Å². The van der Waals surface area contributed by atoms with Gasteiger partial charge < -0.3 is 4.79 Å². The summed E-state index contributed by atoms with van der Waals surface area (Å²) in [4.78, 5) is 8.81. The van der Waals surface area contributed by atoms with Crippen molar-refractivity contribution < 1.29 is 4.79 Å². The first kappa shape index (κ1) is 19.0. The van der Waals surface area contributed by atoms with Gasteiger partial charge in [0.15, 0.2) is 0 Å². The smallest absolute Gasteiger partial charge is 0.116 e. The number of hydrogen-bond donors (Lipinski definition) is 0. The standard InChI is InChI=1S/C9H18.C3H6.C2H4O.C2H6/c1-8(2)9-6-4-3-5-7-9;1-2-3-1;1-2-3;1-2/h8-9H,3-7H2,1-2H3;1-3H2;2H,1H3;1-2H3. The van der Waals surface area contributed by atoms with Crippen LogP contribution in [0.2, 0.25) is 0 Å². The van der Waals surface area contributed by atoms with Crippen molar-refractivity contribution in [2.45, 2.75) is 86.0 Å². The van der Waals surface area contributed by atoms with E-state index in [-0.39, 0.29) is 0 Å². The summed E-state index contributed by atoms with van der Waals surface area (Å²) in [7, 11) is 0. The Morgan fingerprint density at radius 2 is 1.18 bits per heavy atom. The molecule has 17 heavy (non-hydrogen) atoms. The van der Waals surface area contributed by atoms with E-state index in [0.717, 1.165) is 18.1 Å². The molecule has 0 bridgehead atoms. The molecule has 0 aromatic heterocycles. The van der Waals surface area contributed by atoms with Crippen molar-refractivity contribution in [3.05, 3.63) is 0 Å². The minimum Gasteiger partial charge on any atom is -0.304 e. The second-order valence-electron chi connectivity index (χ2n) is 4.94. The van der Waals surface area contributed by atoms with Gasteiger partial charge in [0.25, 0.3) is 0 Å². The van der Waals surface area contributed by atoms with Gasteiger partial charge in [-0.3, -0.25) is 0 Å². The van der Waals surface area contributed by atoms with E-state index in [1.807, 2.05) is 13.8 Å². The van der Waals surface area contributed by atoms with Gasteiger partial charge in [-0.25, -0.2) is 0 Å². The predicted octanol–water partition coefficient (Wildman–Crippen LogP) is 5.62. The highest BCUT2D eigenvalue weighted by molar-refractivity contribution is 5.44. The number of hydrogen-bond acceptors (Lipinski definition) is 1. The summed E-state index contributed by atoms with van der Waals surface area (Å²) < 4.78 is 0. The summed E-state index contributed by atoms with van der Waals surface area (Å²) in [5, 5.41) is 0. The van der Waals surface area contributed by atoms with Crippen molar-refractivity contribution in [1.82, 2.24) is 0 Å². The van der Waals surface area contributed by atoms with Crippen LogP contribution in [0.1, 0.15) is 86.0 Å². The average Bonchev–Trinajstić information content (AvgIpc) is 3.21. The van der Waals surface area contributed by atoms with Gasteiger partial charge in [-0.05, 0) is 18.8 Å². The quantitative estimate of drug-likeness (QED) is 0.545. The predicted molar refractivity (Wildman–Crippen MR) is 78.4 cm³/mol. The van der Waals surface area contributed by atoms with E-state index in [1.54, 1.807) is 0 Å². The van der Waals surface area contributed by atoms with E-state index in [0.29, 0.717) is 0 Å². The van der Waals surface area contributed by atoms with Crippen molar-refractivity contribution in [1.29, 1.82) is 0 Å². The van der Waals surface area contributed by atoms with Crippen molar-refractivity contribution in [3.63, 3.8) is 0 Å². The molecule has 2 fully saturated rings. The van der Waals surface area contributed by atoms with Crippen molar-refractivity contribution in [2.24, 2.45) is 11.8 Å². The van der Waals surface area contributed by atoms with E-state index >= 15 is 0 Å². The van der Waals surface area contributed by atoms with E-state index in [9.17, 15) is 0 Å². The molecule has 1 nitrogen and oxygen atoms in total. The fourth-order valence-electron chi connectivity index (χ4n) is 1.80. The third kappa shape index (κ3) is 18.2. The Balaban J connectivity index is 0. The maximum absolute atomic E-state index is 8.81. The fraction of sp³-hybridized carbons (Fsp3) is 0.938. The third-order valence-electron chi connectivity index (χ3n) is 2.95. The van der Waals surface area contributed by atoms with Crippen molar-refractivity contribution in [3.8, 4) is 0 Å². The summed E-state index contributed by atoms with van der Waals surface area (Å²) in [6.45, 7) is 10.2. The van der Waals surface area contributed by atoms with Crippen LogP contribution >= 0.6 is 0 Å². The molecule has 0 N–H and O–H groups in total. The van der Waals surface area contributed by atoms with Crippen LogP contribution in [0, 0.1) is 11.8 Å². The summed E-state index contributed by atoms with van der Waals surface area (Å²) >= 11 is 0. The molecule has 0 aromatic rings. The van der Waals surface area contributed by atoms with Gasteiger partial charge in [0, 0.05) is 0 Å². The molecule has 2 aliphatic carbocycles. The Hall–Kier alpha value is -0.330. The molecule has 0 aliphatic heterocycles. The molecule has 0 saturated heterocycles. The molecule has 2 aliphatic rings. The maximum atomic E-state index is 8.81. The average molecular weight is 242 g/mol. The van der Waals surface area contributed by atoms with Crippen LogP contribution in [0.3, 0.4) is 0 Å². The Kier molecular flexibility index (Phi) is 17.5. The lowest BCUT2D eigenvalue weighted by Crippen LogP contribution is -2.12. The van der Waals surface area contributed by atoms with Gasteiger partial charge in [-0.2, -0.15) is 0 Å². The van der Waals surface area contributed by atoms with Crippen LogP contribution in [-0.2, 0) is 4.79 Å².